The van der Waals surface area contributed by atoms with Crippen LogP contribution in [0.25, 0.3) is 0 Å². The van der Waals surface area contributed by atoms with Gasteiger partial charge < -0.3 is 19.9 Å². The van der Waals surface area contributed by atoms with Crippen molar-refractivity contribution in [2.24, 2.45) is 5.41 Å². The Hall–Kier alpha value is -1.92. The Balaban J connectivity index is 2.03. The van der Waals surface area contributed by atoms with Crippen molar-refractivity contribution in [2.75, 3.05) is 32.2 Å². The molecule has 1 aromatic rings. The average Bonchev–Trinajstić information content (AvgIpc) is 2.38. The second kappa shape index (κ2) is 5.38. The molecule has 0 unspecified atom stereocenters. The summed E-state index contributed by atoms with van der Waals surface area (Å²) in [5.74, 6) is -0.718. The highest BCUT2D eigenvalue weighted by Gasteiger charge is 2.45. The number of nitrogens with one attached hydrogen (secondary N) is 1. The van der Waals surface area contributed by atoms with Gasteiger partial charge in [-0.2, -0.15) is 0 Å². The third kappa shape index (κ3) is 2.59. The van der Waals surface area contributed by atoms with Gasteiger partial charge in [-0.1, -0.05) is 0 Å². The summed E-state index contributed by atoms with van der Waals surface area (Å²) < 4.78 is 9.55. The molecule has 102 valence electrons. The molecule has 6 nitrogen and oxygen atoms in total. The third-order valence-electron chi connectivity index (χ3n) is 3.10. The van der Waals surface area contributed by atoms with Gasteiger partial charge in [0.05, 0.1) is 32.5 Å². The van der Waals surface area contributed by atoms with Crippen molar-refractivity contribution in [1.82, 2.24) is 0 Å². The molecule has 0 spiro atoms. The van der Waals surface area contributed by atoms with E-state index in [4.69, 9.17) is 4.74 Å². The zero-order valence-electron chi connectivity index (χ0n) is 10.5. The minimum Gasteiger partial charge on any atom is -0.465 e. The van der Waals surface area contributed by atoms with Crippen LogP contribution in [0.4, 0.5) is 5.69 Å². The molecule has 1 aromatic carbocycles. The maximum Gasteiger partial charge on any atom is 0.337 e. The molecule has 0 saturated carbocycles. The molecule has 0 aliphatic carbocycles. The third-order valence-corrected chi connectivity index (χ3v) is 3.10. The van der Waals surface area contributed by atoms with Crippen molar-refractivity contribution >= 4 is 17.6 Å². The Morgan fingerprint density at radius 3 is 2.42 bits per heavy atom. The average molecular weight is 265 g/mol. The van der Waals surface area contributed by atoms with Crippen LogP contribution in [0.1, 0.15) is 10.4 Å². The summed E-state index contributed by atoms with van der Waals surface area (Å²) in [4.78, 5) is 23.2. The van der Waals surface area contributed by atoms with Gasteiger partial charge in [0.1, 0.15) is 5.41 Å². The van der Waals surface area contributed by atoms with Crippen molar-refractivity contribution in [3.8, 4) is 0 Å². The van der Waals surface area contributed by atoms with Crippen molar-refractivity contribution in [2.45, 2.75) is 0 Å². The summed E-state index contributed by atoms with van der Waals surface area (Å²) in [6.45, 7) is 0.185. The molecule has 1 heterocycles. The number of aliphatic hydroxyl groups is 1. The van der Waals surface area contributed by atoms with E-state index < -0.39 is 11.4 Å². The summed E-state index contributed by atoms with van der Waals surface area (Å²) in [5.41, 5.74) is 0.114. The van der Waals surface area contributed by atoms with Crippen LogP contribution in [0.3, 0.4) is 0 Å². The molecule has 0 bridgehead atoms. The summed E-state index contributed by atoms with van der Waals surface area (Å²) in [6, 6.07) is 6.33. The molecule has 0 aromatic heterocycles. The summed E-state index contributed by atoms with van der Waals surface area (Å²) in [6.07, 6.45) is 0. The Kier molecular flexibility index (Phi) is 3.82. The van der Waals surface area contributed by atoms with Gasteiger partial charge in [0.15, 0.2) is 0 Å². The highest BCUT2D eigenvalue weighted by Crippen LogP contribution is 2.28. The number of carbonyl (C=O) groups excluding carboxylic acids is 2. The van der Waals surface area contributed by atoms with Crippen molar-refractivity contribution in [3.63, 3.8) is 0 Å². The number of benzene rings is 1. The van der Waals surface area contributed by atoms with E-state index in [0.29, 0.717) is 11.3 Å². The van der Waals surface area contributed by atoms with E-state index in [0.717, 1.165) is 0 Å². The van der Waals surface area contributed by atoms with E-state index in [1.807, 2.05) is 0 Å². The van der Waals surface area contributed by atoms with Gasteiger partial charge in [0, 0.05) is 5.69 Å². The van der Waals surface area contributed by atoms with Gasteiger partial charge in [-0.3, -0.25) is 4.79 Å². The van der Waals surface area contributed by atoms with Crippen LogP contribution in [0.5, 0.6) is 0 Å². The fraction of sp³-hybridized carbons (Fsp3) is 0.385. The summed E-state index contributed by atoms with van der Waals surface area (Å²) >= 11 is 0. The molecule has 2 rings (SSSR count). The number of esters is 1. The lowest BCUT2D eigenvalue weighted by Crippen LogP contribution is -2.54. The second-order valence-corrected chi connectivity index (χ2v) is 4.45. The molecule has 19 heavy (non-hydrogen) atoms. The summed E-state index contributed by atoms with van der Waals surface area (Å²) in [5, 5.41) is 11.9. The van der Waals surface area contributed by atoms with Gasteiger partial charge in [-0.25, -0.2) is 4.79 Å². The van der Waals surface area contributed by atoms with Crippen LogP contribution >= 0.6 is 0 Å². The number of ether oxygens (including phenoxy) is 2. The largest absolute Gasteiger partial charge is 0.465 e. The minimum absolute atomic E-state index is 0.218. The first kappa shape index (κ1) is 13.5. The van der Waals surface area contributed by atoms with E-state index in [1.54, 1.807) is 24.3 Å². The van der Waals surface area contributed by atoms with Crippen molar-refractivity contribution in [3.05, 3.63) is 29.8 Å². The minimum atomic E-state index is -0.846. The fourth-order valence-corrected chi connectivity index (χ4v) is 1.71. The smallest absolute Gasteiger partial charge is 0.337 e. The Morgan fingerprint density at radius 2 is 2.00 bits per heavy atom. The number of amides is 1. The first-order valence-corrected chi connectivity index (χ1v) is 5.80. The lowest BCUT2D eigenvalue weighted by Gasteiger charge is -2.37. The number of anilines is 1. The second-order valence-electron chi connectivity index (χ2n) is 4.45. The van der Waals surface area contributed by atoms with Gasteiger partial charge in [0.25, 0.3) is 0 Å². The first-order chi connectivity index (χ1) is 9.11. The first-order valence-electron chi connectivity index (χ1n) is 5.80. The van der Waals surface area contributed by atoms with Crippen LogP contribution in [-0.4, -0.2) is 43.9 Å². The molecular weight excluding hydrogens is 250 g/mol. The summed E-state index contributed by atoms with van der Waals surface area (Å²) in [7, 11) is 1.31. The zero-order valence-corrected chi connectivity index (χ0v) is 10.5. The standard InChI is InChI=1S/C13H15NO5/c1-18-11(16)9-2-4-10(5-3-9)14-12(17)13(6-15)7-19-8-13/h2-5,15H,6-8H2,1H3,(H,14,17). The fourth-order valence-electron chi connectivity index (χ4n) is 1.71. The molecular formula is C13H15NO5. The normalized spacial score (nSPS) is 16.3. The van der Waals surface area contributed by atoms with Crippen molar-refractivity contribution < 1.29 is 24.2 Å². The molecule has 1 amide bonds. The molecule has 1 fully saturated rings. The number of hydrogen-bond donors (Lipinski definition) is 2. The molecule has 1 aliphatic heterocycles. The van der Waals surface area contributed by atoms with E-state index in [-0.39, 0.29) is 25.7 Å². The lowest BCUT2D eigenvalue weighted by molar-refractivity contribution is -0.164. The molecule has 2 N–H and O–H groups in total. The van der Waals surface area contributed by atoms with Crippen LogP contribution in [0.2, 0.25) is 0 Å². The number of rotatable bonds is 4. The van der Waals surface area contributed by atoms with Gasteiger partial charge in [-0.15, -0.1) is 0 Å². The van der Waals surface area contributed by atoms with Crippen LogP contribution in [-0.2, 0) is 14.3 Å². The quantitative estimate of drug-likeness (QED) is 0.771. The predicted octanol–water partition coefficient (Wildman–Crippen LogP) is 0.421. The Morgan fingerprint density at radius 1 is 1.37 bits per heavy atom. The number of carbonyl (C=O) groups is 2. The van der Waals surface area contributed by atoms with Gasteiger partial charge in [0.2, 0.25) is 5.91 Å². The van der Waals surface area contributed by atoms with Crippen LogP contribution in [0, 0.1) is 5.41 Å². The monoisotopic (exact) mass is 265 g/mol. The van der Waals surface area contributed by atoms with E-state index in [9.17, 15) is 14.7 Å². The highest BCUT2D eigenvalue weighted by atomic mass is 16.5. The van der Waals surface area contributed by atoms with Gasteiger partial charge in [-0.05, 0) is 24.3 Å². The molecule has 6 heteroatoms. The van der Waals surface area contributed by atoms with E-state index in [2.05, 4.69) is 10.1 Å². The SMILES string of the molecule is COC(=O)c1ccc(NC(=O)C2(CO)COC2)cc1. The topological polar surface area (TPSA) is 84.9 Å². The number of aliphatic hydroxyl groups excluding tert-OH is 1. The molecule has 0 atom stereocenters. The van der Waals surface area contributed by atoms with Crippen LogP contribution in [0.15, 0.2) is 24.3 Å². The molecule has 1 aliphatic rings. The molecule has 1 saturated heterocycles. The Bertz CT molecular complexity index is 473. The maximum atomic E-state index is 12.0. The lowest BCUT2D eigenvalue weighted by atomic mass is 9.86. The predicted molar refractivity (Wildman–Crippen MR) is 66.7 cm³/mol. The van der Waals surface area contributed by atoms with E-state index >= 15 is 0 Å². The number of methoxy groups -OCH3 is 1. The van der Waals surface area contributed by atoms with Crippen molar-refractivity contribution in [1.29, 1.82) is 0 Å². The Labute approximate surface area is 110 Å². The maximum absolute atomic E-state index is 12.0. The van der Waals surface area contributed by atoms with Gasteiger partial charge >= 0.3 is 5.97 Å². The van der Waals surface area contributed by atoms with Crippen LogP contribution < -0.4 is 5.32 Å². The van der Waals surface area contributed by atoms with E-state index in [1.165, 1.54) is 7.11 Å². The highest BCUT2D eigenvalue weighted by molar-refractivity contribution is 5.97. The zero-order chi connectivity index (χ0) is 13.9. The molecule has 0 radical (unpaired) electrons. The number of hydrogen-bond acceptors (Lipinski definition) is 5.